The van der Waals surface area contributed by atoms with Crippen LogP contribution in [0.15, 0.2) is 42.5 Å². The third-order valence-corrected chi connectivity index (χ3v) is 3.51. The second-order valence-corrected chi connectivity index (χ2v) is 4.63. The summed E-state index contributed by atoms with van der Waals surface area (Å²) in [5.41, 5.74) is 0.957. The van der Waals surface area contributed by atoms with Crippen molar-refractivity contribution >= 4 is 16.7 Å². The average Bonchev–Trinajstić information content (AvgIpc) is 2.87. The number of ether oxygens (including phenoxy) is 1. The molecule has 3 nitrogen and oxygen atoms in total. The number of hydrogen-bond donors (Lipinski definition) is 1. The van der Waals surface area contributed by atoms with E-state index in [0.29, 0.717) is 13.0 Å². The minimum Gasteiger partial charge on any atom is -0.481 e. The molecule has 2 aromatic carbocycles. The van der Waals surface area contributed by atoms with Crippen LogP contribution in [0.2, 0.25) is 0 Å². The lowest BCUT2D eigenvalue weighted by Gasteiger charge is -2.15. The van der Waals surface area contributed by atoms with Gasteiger partial charge in [0, 0.05) is 6.61 Å². The van der Waals surface area contributed by atoms with Gasteiger partial charge in [0.1, 0.15) is 0 Å². The van der Waals surface area contributed by atoms with E-state index in [9.17, 15) is 9.90 Å². The number of rotatable bonds is 2. The minimum atomic E-state index is -0.773. The fourth-order valence-corrected chi connectivity index (χ4v) is 2.56. The molecule has 1 aliphatic rings. The first-order valence-corrected chi connectivity index (χ1v) is 6.09. The molecule has 3 rings (SSSR count). The van der Waals surface area contributed by atoms with E-state index in [2.05, 4.69) is 0 Å². The van der Waals surface area contributed by atoms with Crippen LogP contribution in [0.3, 0.4) is 0 Å². The van der Waals surface area contributed by atoms with Crippen LogP contribution in [0.25, 0.3) is 10.8 Å². The number of carbonyl (C=O) groups is 1. The lowest BCUT2D eigenvalue weighted by molar-refractivity contribution is -0.143. The van der Waals surface area contributed by atoms with E-state index in [1.807, 2.05) is 42.5 Å². The molecule has 0 amide bonds. The molecule has 2 unspecified atom stereocenters. The number of carboxylic acid groups (broad SMARTS) is 1. The number of carboxylic acids is 1. The number of hydrogen-bond acceptors (Lipinski definition) is 2. The van der Waals surface area contributed by atoms with Crippen LogP contribution < -0.4 is 0 Å². The zero-order valence-corrected chi connectivity index (χ0v) is 9.87. The Balaban J connectivity index is 2.01. The molecule has 1 fully saturated rings. The van der Waals surface area contributed by atoms with E-state index >= 15 is 0 Å². The summed E-state index contributed by atoms with van der Waals surface area (Å²) in [5, 5.41) is 11.5. The minimum absolute atomic E-state index is 0.313. The van der Waals surface area contributed by atoms with E-state index in [4.69, 9.17) is 4.74 Å². The molecule has 1 heterocycles. The normalized spacial score (nSPS) is 23.3. The SMILES string of the molecule is O=C(O)C1CCOC1c1ccc2ccccc2c1. The van der Waals surface area contributed by atoms with Crippen LogP contribution in [0.5, 0.6) is 0 Å². The van der Waals surface area contributed by atoms with Crippen molar-refractivity contribution in [1.82, 2.24) is 0 Å². The van der Waals surface area contributed by atoms with Gasteiger partial charge in [-0.05, 0) is 28.8 Å². The summed E-state index contributed by atoms with van der Waals surface area (Å²) < 4.78 is 5.58. The molecule has 0 radical (unpaired) electrons. The van der Waals surface area contributed by atoms with Crippen LogP contribution in [0.4, 0.5) is 0 Å². The average molecular weight is 242 g/mol. The van der Waals surface area contributed by atoms with Crippen molar-refractivity contribution < 1.29 is 14.6 Å². The van der Waals surface area contributed by atoms with Crippen LogP contribution in [-0.4, -0.2) is 17.7 Å². The second kappa shape index (κ2) is 4.42. The maximum Gasteiger partial charge on any atom is 0.309 e. The standard InChI is InChI=1S/C15H14O3/c16-15(17)13-7-8-18-14(13)12-6-5-10-3-1-2-4-11(10)9-12/h1-6,9,13-14H,7-8H2,(H,16,17). The number of aliphatic carboxylic acids is 1. The highest BCUT2D eigenvalue weighted by Crippen LogP contribution is 2.35. The summed E-state index contributed by atoms with van der Waals surface area (Å²) >= 11 is 0. The van der Waals surface area contributed by atoms with E-state index in [-0.39, 0.29) is 6.10 Å². The first-order chi connectivity index (χ1) is 8.75. The molecule has 1 aliphatic heterocycles. The van der Waals surface area contributed by atoms with Gasteiger partial charge in [-0.2, -0.15) is 0 Å². The van der Waals surface area contributed by atoms with Crippen molar-refractivity contribution in [3.8, 4) is 0 Å². The monoisotopic (exact) mass is 242 g/mol. The molecular weight excluding hydrogens is 228 g/mol. The molecule has 0 spiro atoms. The Bertz CT molecular complexity index is 591. The van der Waals surface area contributed by atoms with Gasteiger partial charge >= 0.3 is 5.97 Å². The van der Waals surface area contributed by atoms with Crippen LogP contribution in [0.1, 0.15) is 18.1 Å². The smallest absolute Gasteiger partial charge is 0.309 e. The Morgan fingerprint density at radius 2 is 1.94 bits per heavy atom. The third-order valence-electron chi connectivity index (χ3n) is 3.51. The van der Waals surface area contributed by atoms with Crippen molar-refractivity contribution in [3.05, 3.63) is 48.0 Å². The molecule has 0 aromatic heterocycles. The zero-order valence-electron chi connectivity index (χ0n) is 9.87. The number of fused-ring (bicyclic) bond motifs is 1. The van der Waals surface area contributed by atoms with E-state index in [0.717, 1.165) is 16.3 Å². The summed E-state index contributed by atoms with van der Waals surface area (Å²) in [7, 11) is 0. The molecule has 0 aliphatic carbocycles. The van der Waals surface area contributed by atoms with Crippen LogP contribution >= 0.6 is 0 Å². The Morgan fingerprint density at radius 3 is 2.72 bits per heavy atom. The highest BCUT2D eigenvalue weighted by atomic mass is 16.5. The van der Waals surface area contributed by atoms with Crippen molar-refractivity contribution in [2.45, 2.75) is 12.5 Å². The summed E-state index contributed by atoms with van der Waals surface area (Å²) in [6.45, 7) is 0.522. The fraction of sp³-hybridized carbons (Fsp3) is 0.267. The summed E-state index contributed by atoms with van der Waals surface area (Å²) in [4.78, 5) is 11.2. The maximum absolute atomic E-state index is 11.2. The Hall–Kier alpha value is -1.87. The van der Waals surface area contributed by atoms with Crippen molar-refractivity contribution in [1.29, 1.82) is 0 Å². The van der Waals surface area contributed by atoms with E-state index in [1.54, 1.807) is 0 Å². The van der Waals surface area contributed by atoms with Gasteiger partial charge < -0.3 is 9.84 Å². The quantitative estimate of drug-likeness (QED) is 0.880. The molecule has 3 heteroatoms. The van der Waals surface area contributed by atoms with Gasteiger partial charge in [0.2, 0.25) is 0 Å². The third kappa shape index (κ3) is 1.87. The van der Waals surface area contributed by atoms with Crippen molar-refractivity contribution in [3.63, 3.8) is 0 Å². The topological polar surface area (TPSA) is 46.5 Å². The fourth-order valence-electron chi connectivity index (χ4n) is 2.56. The Labute approximate surface area is 105 Å². The largest absolute Gasteiger partial charge is 0.481 e. The van der Waals surface area contributed by atoms with Crippen LogP contribution in [0, 0.1) is 5.92 Å². The highest BCUT2D eigenvalue weighted by Gasteiger charge is 2.35. The first kappa shape index (κ1) is 11.2. The van der Waals surface area contributed by atoms with Gasteiger partial charge in [0.25, 0.3) is 0 Å². The molecule has 1 saturated heterocycles. The maximum atomic E-state index is 11.2. The Kier molecular flexibility index (Phi) is 2.76. The van der Waals surface area contributed by atoms with Crippen molar-refractivity contribution in [2.24, 2.45) is 5.92 Å². The molecule has 0 saturated carbocycles. The molecule has 1 N–H and O–H groups in total. The first-order valence-electron chi connectivity index (χ1n) is 6.09. The predicted octanol–water partition coefficient (Wildman–Crippen LogP) is 3.00. The molecule has 0 bridgehead atoms. The zero-order chi connectivity index (χ0) is 12.5. The van der Waals surface area contributed by atoms with Crippen molar-refractivity contribution in [2.75, 3.05) is 6.61 Å². The van der Waals surface area contributed by atoms with Gasteiger partial charge in [-0.15, -0.1) is 0 Å². The lowest BCUT2D eigenvalue weighted by Crippen LogP contribution is -2.17. The van der Waals surface area contributed by atoms with Gasteiger partial charge in [0.15, 0.2) is 0 Å². The van der Waals surface area contributed by atoms with Gasteiger partial charge in [-0.3, -0.25) is 4.79 Å². The predicted molar refractivity (Wildman–Crippen MR) is 68.4 cm³/mol. The second-order valence-electron chi connectivity index (χ2n) is 4.63. The Morgan fingerprint density at radius 1 is 1.17 bits per heavy atom. The van der Waals surface area contributed by atoms with Crippen LogP contribution in [-0.2, 0) is 9.53 Å². The van der Waals surface area contributed by atoms with Gasteiger partial charge in [0.05, 0.1) is 12.0 Å². The molecule has 92 valence electrons. The molecule has 2 atom stereocenters. The van der Waals surface area contributed by atoms with Gasteiger partial charge in [-0.1, -0.05) is 36.4 Å². The van der Waals surface area contributed by atoms with E-state index < -0.39 is 11.9 Å². The molecule has 2 aromatic rings. The molecular formula is C15H14O3. The van der Waals surface area contributed by atoms with Gasteiger partial charge in [-0.25, -0.2) is 0 Å². The van der Waals surface area contributed by atoms with E-state index in [1.165, 1.54) is 0 Å². The molecule has 18 heavy (non-hydrogen) atoms. The lowest BCUT2D eigenvalue weighted by atomic mass is 9.94. The number of benzene rings is 2. The summed E-state index contributed by atoms with van der Waals surface area (Å²) in [6, 6.07) is 14.1. The summed E-state index contributed by atoms with van der Waals surface area (Å²) in [6.07, 6.45) is 0.277. The highest BCUT2D eigenvalue weighted by molar-refractivity contribution is 5.83. The summed E-state index contributed by atoms with van der Waals surface area (Å²) in [5.74, 6) is -1.20.